The second kappa shape index (κ2) is 7.43. The van der Waals surface area contributed by atoms with E-state index in [1.165, 1.54) is 36.7 Å². The van der Waals surface area contributed by atoms with E-state index >= 15 is 0 Å². The second-order valence-electron chi connectivity index (χ2n) is 5.09. The Morgan fingerprint density at radius 1 is 1.04 bits per heavy atom. The number of carbonyl (C=O) groups is 1. The van der Waals surface area contributed by atoms with Crippen LogP contribution in [-0.2, 0) is 14.6 Å². The van der Waals surface area contributed by atoms with Crippen LogP contribution in [0.15, 0.2) is 59.5 Å². The molecule has 24 heavy (non-hydrogen) atoms. The topological polar surface area (TPSA) is 113 Å². The van der Waals surface area contributed by atoms with E-state index < -0.39 is 27.1 Å². The van der Waals surface area contributed by atoms with Crippen LogP contribution in [0.4, 0.5) is 0 Å². The number of para-hydroxylation sites is 1. The number of benzene rings is 2. The van der Waals surface area contributed by atoms with Crippen LogP contribution < -0.4 is 10.2 Å². The first-order valence-electron chi connectivity index (χ1n) is 7.05. The highest BCUT2D eigenvalue weighted by molar-refractivity contribution is 7.92. The highest BCUT2D eigenvalue weighted by Crippen LogP contribution is 2.25. The lowest BCUT2D eigenvalue weighted by Crippen LogP contribution is -2.38. The fourth-order valence-corrected chi connectivity index (χ4v) is 3.42. The predicted molar refractivity (Wildman–Crippen MR) is 85.2 cm³/mol. The van der Waals surface area contributed by atoms with Gasteiger partial charge in [-0.1, -0.05) is 18.2 Å². The molecule has 128 valence electrons. The number of hydrogen-bond acceptors (Lipinski definition) is 6. The standard InChI is InChI=1S/C16H17NO6S/c1-11(15(18)17-20)16(19)24(21,22)14-9-7-13(8-10-14)23-12-5-3-2-4-6-12/h2-11,16,19-20H,1H3,(H,17,18). The van der Waals surface area contributed by atoms with Crippen LogP contribution >= 0.6 is 0 Å². The summed E-state index contributed by atoms with van der Waals surface area (Å²) < 4.78 is 30.2. The zero-order chi connectivity index (χ0) is 17.7. The molecule has 0 aliphatic heterocycles. The van der Waals surface area contributed by atoms with Crippen molar-refractivity contribution in [1.82, 2.24) is 5.48 Å². The van der Waals surface area contributed by atoms with Gasteiger partial charge in [-0.3, -0.25) is 10.0 Å². The summed E-state index contributed by atoms with van der Waals surface area (Å²) in [4.78, 5) is 11.1. The molecule has 0 heterocycles. The van der Waals surface area contributed by atoms with Crippen LogP contribution in [0.5, 0.6) is 11.5 Å². The van der Waals surface area contributed by atoms with Gasteiger partial charge < -0.3 is 9.84 Å². The number of carbonyl (C=O) groups excluding carboxylic acids is 1. The molecule has 0 aliphatic carbocycles. The van der Waals surface area contributed by atoms with Crippen molar-refractivity contribution in [2.24, 2.45) is 5.92 Å². The third-order valence-corrected chi connectivity index (χ3v) is 5.37. The molecule has 7 nitrogen and oxygen atoms in total. The quantitative estimate of drug-likeness (QED) is 0.539. The van der Waals surface area contributed by atoms with E-state index in [-0.39, 0.29) is 4.90 Å². The van der Waals surface area contributed by atoms with Crippen LogP contribution in [-0.4, -0.2) is 30.1 Å². The molecule has 0 saturated heterocycles. The summed E-state index contributed by atoms with van der Waals surface area (Å²) in [6, 6.07) is 14.4. The van der Waals surface area contributed by atoms with E-state index in [2.05, 4.69) is 0 Å². The number of aliphatic hydroxyl groups is 1. The van der Waals surface area contributed by atoms with Gasteiger partial charge in [0, 0.05) is 0 Å². The Bertz CT molecular complexity index is 789. The van der Waals surface area contributed by atoms with Gasteiger partial charge in [0.15, 0.2) is 5.44 Å². The van der Waals surface area contributed by atoms with Crippen LogP contribution in [0.3, 0.4) is 0 Å². The molecule has 1 amide bonds. The lowest BCUT2D eigenvalue weighted by atomic mass is 10.2. The molecule has 0 radical (unpaired) electrons. The molecule has 3 N–H and O–H groups in total. The third kappa shape index (κ3) is 3.91. The van der Waals surface area contributed by atoms with Crippen molar-refractivity contribution in [3.8, 4) is 11.5 Å². The van der Waals surface area contributed by atoms with Crippen molar-refractivity contribution < 1.29 is 28.3 Å². The van der Waals surface area contributed by atoms with Gasteiger partial charge in [-0.15, -0.1) is 0 Å². The molecule has 0 fully saturated rings. The number of hydroxylamine groups is 1. The van der Waals surface area contributed by atoms with Crippen molar-refractivity contribution in [3.63, 3.8) is 0 Å². The van der Waals surface area contributed by atoms with E-state index in [0.717, 1.165) is 0 Å². The average molecular weight is 351 g/mol. The number of sulfone groups is 1. The molecule has 2 unspecified atom stereocenters. The Labute approximate surface area is 139 Å². The highest BCUT2D eigenvalue weighted by atomic mass is 32.2. The van der Waals surface area contributed by atoms with Crippen molar-refractivity contribution in [3.05, 3.63) is 54.6 Å². The summed E-state index contributed by atoms with van der Waals surface area (Å²) in [7, 11) is -4.15. The van der Waals surface area contributed by atoms with Gasteiger partial charge in [0.1, 0.15) is 11.5 Å². The summed E-state index contributed by atoms with van der Waals surface area (Å²) in [5.41, 5.74) is -0.659. The van der Waals surface area contributed by atoms with E-state index in [4.69, 9.17) is 9.94 Å². The van der Waals surface area contributed by atoms with Crippen molar-refractivity contribution >= 4 is 15.7 Å². The summed E-state index contributed by atoms with van der Waals surface area (Å²) in [6.45, 7) is 1.20. The Morgan fingerprint density at radius 3 is 2.12 bits per heavy atom. The van der Waals surface area contributed by atoms with Gasteiger partial charge in [0.2, 0.25) is 15.7 Å². The zero-order valence-electron chi connectivity index (χ0n) is 12.8. The van der Waals surface area contributed by atoms with E-state index in [1.807, 2.05) is 6.07 Å². The Hall–Kier alpha value is -2.42. The number of ether oxygens (including phenoxy) is 1. The lowest BCUT2D eigenvalue weighted by molar-refractivity contribution is -0.134. The van der Waals surface area contributed by atoms with Gasteiger partial charge >= 0.3 is 0 Å². The van der Waals surface area contributed by atoms with E-state index in [1.54, 1.807) is 24.3 Å². The third-order valence-electron chi connectivity index (χ3n) is 3.40. The van der Waals surface area contributed by atoms with Gasteiger partial charge in [0.05, 0.1) is 10.8 Å². The number of hydrogen-bond donors (Lipinski definition) is 3. The minimum Gasteiger partial charge on any atom is -0.457 e. The number of amides is 1. The molecule has 2 rings (SSSR count). The van der Waals surface area contributed by atoms with Crippen LogP contribution in [0.25, 0.3) is 0 Å². The smallest absolute Gasteiger partial charge is 0.249 e. The van der Waals surface area contributed by atoms with Gasteiger partial charge in [0.25, 0.3) is 0 Å². The Morgan fingerprint density at radius 2 is 1.58 bits per heavy atom. The molecule has 0 saturated carbocycles. The summed E-state index contributed by atoms with van der Waals surface area (Å²) in [6.07, 6.45) is 0. The summed E-state index contributed by atoms with van der Waals surface area (Å²) >= 11 is 0. The Kier molecular flexibility index (Phi) is 5.55. The molecular formula is C16H17NO6S. The monoisotopic (exact) mass is 351 g/mol. The SMILES string of the molecule is CC(C(=O)NO)C(O)S(=O)(=O)c1ccc(Oc2ccccc2)cc1. The first kappa shape index (κ1) is 17.9. The van der Waals surface area contributed by atoms with Crippen LogP contribution in [0.2, 0.25) is 0 Å². The zero-order valence-corrected chi connectivity index (χ0v) is 13.6. The largest absolute Gasteiger partial charge is 0.457 e. The minimum absolute atomic E-state index is 0.159. The molecule has 0 spiro atoms. The van der Waals surface area contributed by atoms with Crippen molar-refractivity contribution in [2.75, 3.05) is 0 Å². The number of rotatable bonds is 6. The first-order chi connectivity index (χ1) is 11.4. The molecule has 8 heteroatoms. The second-order valence-corrected chi connectivity index (χ2v) is 7.13. The molecule has 2 atom stereocenters. The maximum Gasteiger partial charge on any atom is 0.249 e. The summed E-state index contributed by atoms with van der Waals surface area (Å²) in [5, 5.41) is 18.5. The molecular weight excluding hydrogens is 334 g/mol. The normalized spacial score (nSPS) is 13.8. The molecule has 0 aliphatic rings. The predicted octanol–water partition coefficient (Wildman–Crippen LogP) is 1.71. The van der Waals surface area contributed by atoms with Gasteiger partial charge in [-0.25, -0.2) is 13.9 Å². The number of aliphatic hydroxyl groups excluding tert-OH is 1. The van der Waals surface area contributed by atoms with E-state index in [9.17, 15) is 18.3 Å². The molecule has 0 aromatic heterocycles. The maximum absolute atomic E-state index is 12.3. The fraction of sp³-hybridized carbons (Fsp3) is 0.188. The maximum atomic E-state index is 12.3. The lowest BCUT2D eigenvalue weighted by Gasteiger charge is -2.17. The van der Waals surface area contributed by atoms with Gasteiger partial charge in [-0.2, -0.15) is 0 Å². The molecule has 2 aromatic carbocycles. The van der Waals surface area contributed by atoms with Crippen molar-refractivity contribution in [1.29, 1.82) is 0 Å². The fourth-order valence-electron chi connectivity index (χ4n) is 1.96. The van der Waals surface area contributed by atoms with Crippen LogP contribution in [0, 0.1) is 5.92 Å². The number of nitrogens with one attached hydrogen (secondary N) is 1. The molecule has 2 aromatic rings. The highest BCUT2D eigenvalue weighted by Gasteiger charge is 2.34. The van der Waals surface area contributed by atoms with Crippen molar-refractivity contribution in [2.45, 2.75) is 17.3 Å². The summed E-state index contributed by atoms with van der Waals surface area (Å²) in [5.74, 6) is -1.30. The van der Waals surface area contributed by atoms with Crippen LogP contribution in [0.1, 0.15) is 6.92 Å². The van der Waals surface area contributed by atoms with E-state index in [0.29, 0.717) is 11.5 Å². The Balaban J connectivity index is 2.18. The van der Waals surface area contributed by atoms with Gasteiger partial charge in [-0.05, 0) is 43.3 Å². The molecule has 0 bridgehead atoms. The first-order valence-corrected chi connectivity index (χ1v) is 8.60. The minimum atomic E-state index is -4.15. The average Bonchev–Trinajstić information content (AvgIpc) is 2.61.